The monoisotopic (exact) mass is 445 g/mol. The molecule has 4 rings (SSSR count). The first-order valence-corrected chi connectivity index (χ1v) is 10.5. The molecule has 0 aliphatic rings. The number of amides is 1. The van der Waals surface area contributed by atoms with Crippen molar-refractivity contribution in [3.05, 3.63) is 63.0 Å². The summed E-state index contributed by atoms with van der Waals surface area (Å²) in [6, 6.07) is 11.5. The summed E-state index contributed by atoms with van der Waals surface area (Å²) < 4.78 is 0. The lowest BCUT2D eigenvalue weighted by molar-refractivity contribution is -0.384. The minimum atomic E-state index is -0.457. The van der Waals surface area contributed by atoms with Crippen molar-refractivity contribution in [2.24, 2.45) is 0 Å². The summed E-state index contributed by atoms with van der Waals surface area (Å²) >= 11 is 8.48. The molecule has 0 radical (unpaired) electrons. The number of benzene rings is 2. The maximum absolute atomic E-state index is 12.2. The van der Waals surface area contributed by atoms with Gasteiger partial charge in [0, 0.05) is 28.1 Å². The van der Waals surface area contributed by atoms with Crippen LogP contribution in [0.2, 0.25) is 5.02 Å². The maximum atomic E-state index is 12.2. The number of nitro groups is 1. The Bertz CT molecular complexity index is 1220. The number of nitrogens with zero attached hydrogens (tertiary/aromatic N) is 3. The topological polar surface area (TPSA) is 114 Å². The number of rotatable bonds is 6. The fourth-order valence-electron chi connectivity index (χ4n) is 2.56. The number of thiazole rings is 1. The third-order valence-corrected chi connectivity index (χ3v) is 5.73. The fraction of sp³-hybridized carbons (Fsp3) is 0.0556. The Morgan fingerprint density at radius 2 is 2.14 bits per heavy atom. The molecular formula is C18H12ClN5O3S2. The fourth-order valence-corrected chi connectivity index (χ4v) is 4.15. The van der Waals surface area contributed by atoms with Crippen molar-refractivity contribution in [2.45, 2.75) is 5.16 Å². The molecule has 2 aromatic carbocycles. The zero-order valence-corrected chi connectivity index (χ0v) is 17.0. The maximum Gasteiger partial charge on any atom is 0.270 e. The second kappa shape index (κ2) is 8.19. The molecule has 2 heterocycles. The molecule has 1 amide bonds. The summed E-state index contributed by atoms with van der Waals surface area (Å²) in [5.74, 6) is -0.0762. The summed E-state index contributed by atoms with van der Waals surface area (Å²) in [6.07, 6.45) is 0. The number of hydrogen-bond acceptors (Lipinski definition) is 7. The van der Waals surface area contributed by atoms with Crippen molar-refractivity contribution >= 4 is 62.5 Å². The van der Waals surface area contributed by atoms with Gasteiger partial charge in [-0.15, -0.1) is 11.3 Å². The first kappa shape index (κ1) is 19.4. The van der Waals surface area contributed by atoms with Gasteiger partial charge in [0.2, 0.25) is 5.91 Å². The zero-order chi connectivity index (χ0) is 20.4. The lowest BCUT2D eigenvalue weighted by Gasteiger charge is -2.00. The van der Waals surface area contributed by atoms with Gasteiger partial charge in [0.25, 0.3) is 5.69 Å². The highest BCUT2D eigenvalue weighted by Crippen LogP contribution is 2.28. The number of carbonyl (C=O) groups is 1. The third kappa shape index (κ3) is 4.56. The van der Waals surface area contributed by atoms with E-state index in [0.717, 1.165) is 11.0 Å². The number of aromatic nitrogens is 3. The number of fused-ring (bicyclic) bond motifs is 1. The first-order chi connectivity index (χ1) is 14.0. The van der Waals surface area contributed by atoms with Crippen molar-refractivity contribution in [3.63, 3.8) is 0 Å². The highest BCUT2D eigenvalue weighted by molar-refractivity contribution is 7.99. The SMILES string of the molecule is O=C(CSc1nc2ccc(Cl)cc2[nH]1)Nc1nc(-c2cccc([N+](=O)[O-])c2)cs1. The molecule has 0 atom stereocenters. The van der Waals surface area contributed by atoms with Gasteiger partial charge in [-0.2, -0.15) is 0 Å². The van der Waals surface area contributed by atoms with Crippen LogP contribution >= 0.6 is 34.7 Å². The number of aromatic amines is 1. The third-order valence-electron chi connectivity index (χ3n) is 3.87. The standard InChI is InChI=1S/C18H12ClN5O3S2/c19-11-4-5-13-14(7-11)21-17(20-13)29-9-16(25)23-18-22-15(8-28-18)10-2-1-3-12(6-10)24(26)27/h1-8H,9H2,(H,20,21)(H,22,23,25). The molecule has 0 aliphatic heterocycles. The summed E-state index contributed by atoms with van der Waals surface area (Å²) in [7, 11) is 0. The summed E-state index contributed by atoms with van der Waals surface area (Å²) in [5.41, 5.74) is 2.76. The van der Waals surface area contributed by atoms with E-state index in [1.54, 1.807) is 29.6 Å². The highest BCUT2D eigenvalue weighted by atomic mass is 35.5. The lowest BCUT2D eigenvalue weighted by Crippen LogP contribution is -2.13. The second-order valence-corrected chi connectivity index (χ2v) is 8.14. The molecule has 2 N–H and O–H groups in total. The van der Waals surface area contributed by atoms with Crippen molar-refractivity contribution in [2.75, 3.05) is 11.1 Å². The van der Waals surface area contributed by atoms with E-state index < -0.39 is 4.92 Å². The van der Waals surface area contributed by atoms with Gasteiger partial charge in [-0.1, -0.05) is 35.5 Å². The number of hydrogen-bond donors (Lipinski definition) is 2. The van der Waals surface area contributed by atoms with E-state index in [2.05, 4.69) is 20.3 Å². The number of H-pyrrole nitrogens is 1. The lowest BCUT2D eigenvalue weighted by atomic mass is 10.1. The van der Waals surface area contributed by atoms with E-state index in [-0.39, 0.29) is 17.3 Å². The molecule has 0 aliphatic carbocycles. The Balaban J connectivity index is 1.38. The van der Waals surface area contributed by atoms with Crippen LogP contribution in [0, 0.1) is 10.1 Å². The van der Waals surface area contributed by atoms with Gasteiger partial charge < -0.3 is 10.3 Å². The Hall–Kier alpha value is -2.95. The number of non-ortho nitro benzene ring substituents is 1. The van der Waals surface area contributed by atoms with Crippen molar-refractivity contribution in [3.8, 4) is 11.3 Å². The number of nitrogens with one attached hydrogen (secondary N) is 2. The predicted molar refractivity (Wildman–Crippen MR) is 115 cm³/mol. The van der Waals surface area contributed by atoms with E-state index in [4.69, 9.17) is 11.6 Å². The highest BCUT2D eigenvalue weighted by Gasteiger charge is 2.12. The molecular weight excluding hydrogens is 434 g/mol. The van der Waals surface area contributed by atoms with Crippen LogP contribution in [0.3, 0.4) is 0 Å². The van der Waals surface area contributed by atoms with Crippen molar-refractivity contribution in [1.29, 1.82) is 0 Å². The number of nitro benzene ring substituents is 1. The molecule has 11 heteroatoms. The van der Waals surface area contributed by atoms with Gasteiger partial charge >= 0.3 is 0 Å². The summed E-state index contributed by atoms with van der Waals surface area (Å²) in [6.45, 7) is 0. The van der Waals surface area contributed by atoms with Crippen molar-refractivity contribution < 1.29 is 9.72 Å². The van der Waals surface area contributed by atoms with Gasteiger partial charge in [0.15, 0.2) is 10.3 Å². The molecule has 146 valence electrons. The average molecular weight is 446 g/mol. The molecule has 8 nitrogen and oxygen atoms in total. The zero-order valence-electron chi connectivity index (χ0n) is 14.6. The van der Waals surface area contributed by atoms with Crippen molar-refractivity contribution in [1.82, 2.24) is 15.0 Å². The van der Waals surface area contributed by atoms with Crippen LogP contribution in [-0.2, 0) is 4.79 Å². The van der Waals surface area contributed by atoms with E-state index in [9.17, 15) is 14.9 Å². The van der Waals surface area contributed by atoms with Gasteiger partial charge in [-0.25, -0.2) is 9.97 Å². The minimum absolute atomic E-state index is 0.00962. The molecule has 0 bridgehead atoms. The Kier molecular flexibility index (Phi) is 5.47. The number of imidazole rings is 1. The van der Waals surface area contributed by atoms with Crippen LogP contribution in [0.5, 0.6) is 0 Å². The molecule has 0 fully saturated rings. The Morgan fingerprint density at radius 3 is 2.97 bits per heavy atom. The molecule has 0 spiro atoms. The molecule has 0 saturated carbocycles. The number of halogens is 1. The molecule has 0 unspecified atom stereocenters. The van der Waals surface area contributed by atoms with E-state index >= 15 is 0 Å². The smallest absolute Gasteiger partial charge is 0.270 e. The summed E-state index contributed by atoms with van der Waals surface area (Å²) in [4.78, 5) is 34.5. The number of anilines is 1. The molecule has 29 heavy (non-hydrogen) atoms. The van der Waals surface area contributed by atoms with Crippen LogP contribution in [0.25, 0.3) is 22.3 Å². The van der Waals surface area contributed by atoms with E-state index in [1.807, 2.05) is 6.07 Å². The van der Waals surface area contributed by atoms with Crippen LogP contribution in [0.1, 0.15) is 0 Å². The Morgan fingerprint density at radius 1 is 1.28 bits per heavy atom. The normalized spacial score (nSPS) is 10.9. The van der Waals surface area contributed by atoms with Crippen LogP contribution in [-0.4, -0.2) is 31.5 Å². The van der Waals surface area contributed by atoms with Gasteiger partial charge in [0.1, 0.15) is 0 Å². The largest absolute Gasteiger partial charge is 0.333 e. The second-order valence-electron chi connectivity index (χ2n) is 5.89. The summed E-state index contributed by atoms with van der Waals surface area (Å²) in [5, 5.41) is 17.0. The number of carbonyl (C=O) groups excluding carboxylic acids is 1. The van der Waals surface area contributed by atoms with Gasteiger partial charge in [-0.3, -0.25) is 14.9 Å². The number of thioether (sulfide) groups is 1. The quantitative estimate of drug-likeness (QED) is 0.246. The Labute approximate surface area is 177 Å². The van der Waals surface area contributed by atoms with Gasteiger partial charge in [0.05, 0.1) is 27.4 Å². The minimum Gasteiger partial charge on any atom is -0.333 e. The molecule has 4 aromatic rings. The van der Waals surface area contributed by atoms with E-state index in [0.29, 0.717) is 26.6 Å². The van der Waals surface area contributed by atoms with Crippen LogP contribution < -0.4 is 5.32 Å². The molecule has 0 saturated heterocycles. The average Bonchev–Trinajstić information content (AvgIpc) is 3.32. The predicted octanol–water partition coefficient (Wildman–Crippen LogP) is 4.98. The van der Waals surface area contributed by atoms with E-state index in [1.165, 1.54) is 35.2 Å². The van der Waals surface area contributed by atoms with Gasteiger partial charge in [-0.05, 0) is 18.2 Å². The molecule has 2 aromatic heterocycles. The first-order valence-electron chi connectivity index (χ1n) is 8.26. The van der Waals surface area contributed by atoms with Crippen LogP contribution in [0.4, 0.5) is 10.8 Å². The van der Waals surface area contributed by atoms with Crippen LogP contribution in [0.15, 0.2) is 53.0 Å².